The molecule has 1 aliphatic heterocycles. The van der Waals surface area contributed by atoms with Crippen LogP contribution in [0, 0.1) is 0 Å². The van der Waals surface area contributed by atoms with E-state index in [-0.39, 0.29) is 11.7 Å². The summed E-state index contributed by atoms with van der Waals surface area (Å²) in [5.41, 5.74) is 4.00. The molecule has 1 heterocycles. The molecule has 4 rings (SSSR count). The number of benzene rings is 2. The Balaban J connectivity index is 1.85. The third kappa shape index (κ3) is 1.70. The molecule has 0 radical (unpaired) electrons. The van der Waals surface area contributed by atoms with Gasteiger partial charge in [0.15, 0.2) is 0 Å². The molecule has 0 aromatic heterocycles. The Morgan fingerprint density at radius 2 is 1.86 bits per heavy atom. The molecule has 0 saturated carbocycles. The summed E-state index contributed by atoms with van der Waals surface area (Å²) in [6, 6.07) is 15.1. The molecule has 0 unspecified atom stereocenters. The molecule has 1 amide bonds. The monoisotopic (exact) mass is 290 g/mol. The zero-order valence-electron chi connectivity index (χ0n) is 12.1. The lowest BCUT2D eigenvalue weighted by Crippen LogP contribution is -2.28. The fourth-order valence-corrected chi connectivity index (χ4v) is 2.98. The molecule has 2 aliphatic rings. The van der Waals surface area contributed by atoms with Crippen molar-refractivity contribution in [1.29, 1.82) is 0 Å². The largest absolute Gasteiger partial charge is 0.507 e. The number of phenols is 1. The van der Waals surface area contributed by atoms with E-state index < -0.39 is 0 Å². The average molecular weight is 290 g/mol. The maximum absolute atomic E-state index is 12.5. The van der Waals surface area contributed by atoms with Crippen molar-refractivity contribution in [2.24, 2.45) is 4.99 Å². The Morgan fingerprint density at radius 1 is 1.09 bits per heavy atom. The number of aliphatic imine (C=N–C) groups is 1. The second-order valence-electron chi connectivity index (χ2n) is 5.48. The number of allylic oxidation sites excluding steroid dienone is 1. The summed E-state index contributed by atoms with van der Waals surface area (Å²) in [4.78, 5) is 18.6. The number of hydrogen-bond donors (Lipinski definition) is 1. The second-order valence-corrected chi connectivity index (χ2v) is 5.48. The molecule has 4 heteroatoms. The van der Waals surface area contributed by atoms with Crippen molar-refractivity contribution in [3.05, 3.63) is 70.9 Å². The number of aromatic hydroxyl groups is 1. The smallest absolute Gasteiger partial charge is 0.278 e. The first-order chi connectivity index (χ1) is 10.7. The van der Waals surface area contributed by atoms with Gasteiger partial charge in [-0.25, -0.2) is 4.99 Å². The van der Waals surface area contributed by atoms with E-state index in [1.54, 1.807) is 18.0 Å². The first-order valence-corrected chi connectivity index (χ1v) is 7.13. The SMILES string of the molecule is CN1C(=O)/C(=C2\Cc3cccc(O)c32)N=C1c1ccccc1. The Kier molecular flexibility index (Phi) is 2.66. The summed E-state index contributed by atoms with van der Waals surface area (Å²) < 4.78 is 0. The molecule has 4 nitrogen and oxygen atoms in total. The summed E-state index contributed by atoms with van der Waals surface area (Å²) in [5, 5.41) is 10.0. The van der Waals surface area contributed by atoms with Gasteiger partial charge in [-0.3, -0.25) is 9.69 Å². The van der Waals surface area contributed by atoms with Gasteiger partial charge < -0.3 is 5.11 Å². The van der Waals surface area contributed by atoms with E-state index in [2.05, 4.69) is 4.99 Å². The standard InChI is InChI=1S/C18H14N2O2/c1-20-17(11-6-3-2-4-7-11)19-16(18(20)22)13-10-12-8-5-9-14(21)15(12)13/h2-9,21H,10H2,1H3/b16-13-. The van der Waals surface area contributed by atoms with Gasteiger partial charge in [-0.1, -0.05) is 42.5 Å². The lowest BCUT2D eigenvalue weighted by atomic mass is 9.81. The number of amidine groups is 1. The fraction of sp³-hybridized carbons (Fsp3) is 0.111. The van der Waals surface area contributed by atoms with Crippen LogP contribution in [0.4, 0.5) is 0 Å². The topological polar surface area (TPSA) is 52.9 Å². The van der Waals surface area contributed by atoms with Crippen LogP contribution in [0.2, 0.25) is 0 Å². The van der Waals surface area contributed by atoms with Crippen LogP contribution in [0.1, 0.15) is 16.7 Å². The lowest BCUT2D eigenvalue weighted by Gasteiger charge is -2.24. The predicted octanol–water partition coefficient (Wildman–Crippen LogP) is 2.58. The van der Waals surface area contributed by atoms with Gasteiger partial charge in [0.25, 0.3) is 5.91 Å². The Labute approximate surface area is 128 Å². The number of carbonyl (C=O) groups excluding carboxylic acids is 1. The third-order valence-electron chi connectivity index (χ3n) is 4.16. The fourth-order valence-electron chi connectivity index (χ4n) is 2.98. The van der Waals surface area contributed by atoms with E-state index in [0.717, 1.165) is 22.3 Å². The Bertz CT molecular complexity index is 836. The molecule has 1 aliphatic carbocycles. The highest BCUT2D eigenvalue weighted by Crippen LogP contribution is 2.43. The van der Waals surface area contributed by atoms with Gasteiger partial charge in [-0.05, 0) is 17.2 Å². The second kappa shape index (κ2) is 4.56. The highest BCUT2D eigenvalue weighted by atomic mass is 16.3. The van der Waals surface area contributed by atoms with E-state index in [1.165, 1.54) is 0 Å². The molecule has 0 bridgehead atoms. The number of amides is 1. The summed E-state index contributed by atoms with van der Waals surface area (Å²) >= 11 is 0. The van der Waals surface area contributed by atoms with Gasteiger partial charge in [0.2, 0.25) is 0 Å². The molecule has 0 atom stereocenters. The molecular formula is C18H14N2O2. The number of phenolic OH excluding ortho intramolecular Hbond substituents is 1. The van der Waals surface area contributed by atoms with Crippen LogP contribution < -0.4 is 0 Å². The van der Waals surface area contributed by atoms with Crippen LogP contribution in [-0.4, -0.2) is 28.8 Å². The molecule has 22 heavy (non-hydrogen) atoms. The van der Waals surface area contributed by atoms with Gasteiger partial charge >= 0.3 is 0 Å². The maximum atomic E-state index is 12.5. The molecule has 108 valence electrons. The lowest BCUT2D eigenvalue weighted by molar-refractivity contribution is -0.121. The van der Waals surface area contributed by atoms with Gasteiger partial charge in [0, 0.05) is 24.6 Å². The van der Waals surface area contributed by atoms with E-state index in [1.807, 2.05) is 42.5 Å². The van der Waals surface area contributed by atoms with Gasteiger partial charge in [-0.2, -0.15) is 0 Å². The van der Waals surface area contributed by atoms with Gasteiger partial charge in [0.1, 0.15) is 17.3 Å². The molecule has 0 spiro atoms. The molecule has 2 aromatic carbocycles. The van der Waals surface area contributed by atoms with Crippen molar-refractivity contribution >= 4 is 17.3 Å². The number of hydrogen-bond acceptors (Lipinski definition) is 3. The van der Waals surface area contributed by atoms with E-state index in [0.29, 0.717) is 18.0 Å². The minimum Gasteiger partial charge on any atom is -0.507 e. The van der Waals surface area contributed by atoms with Crippen LogP contribution in [0.3, 0.4) is 0 Å². The highest BCUT2D eigenvalue weighted by molar-refractivity contribution is 6.21. The van der Waals surface area contributed by atoms with Crippen molar-refractivity contribution in [1.82, 2.24) is 4.90 Å². The van der Waals surface area contributed by atoms with E-state index in [4.69, 9.17) is 0 Å². The summed E-state index contributed by atoms with van der Waals surface area (Å²) in [5.74, 6) is 0.741. The number of carbonyl (C=O) groups is 1. The molecule has 0 saturated heterocycles. The quantitative estimate of drug-likeness (QED) is 0.821. The number of likely N-dealkylation sites (N-methyl/N-ethyl adjacent to an activating group) is 1. The van der Waals surface area contributed by atoms with Crippen LogP contribution in [-0.2, 0) is 11.2 Å². The van der Waals surface area contributed by atoms with Crippen LogP contribution in [0.15, 0.2) is 59.2 Å². The average Bonchev–Trinajstić information content (AvgIpc) is 2.78. The predicted molar refractivity (Wildman–Crippen MR) is 84.5 cm³/mol. The Hall–Kier alpha value is -2.88. The molecule has 0 fully saturated rings. The summed E-state index contributed by atoms with van der Waals surface area (Å²) in [6.45, 7) is 0. The molecule has 2 aromatic rings. The van der Waals surface area contributed by atoms with E-state index in [9.17, 15) is 9.90 Å². The number of fused-ring (bicyclic) bond motifs is 1. The first kappa shape index (κ1) is 12.8. The van der Waals surface area contributed by atoms with Crippen molar-refractivity contribution in [2.75, 3.05) is 7.05 Å². The van der Waals surface area contributed by atoms with Crippen molar-refractivity contribution in [3.63, 3.8) is 0 Å². The van der Waals surface area contributed by atoms with Gasteiger partial charge in [0.05, 0.1) is 0 Å². The van der Waals surface area contributed by atoms with Crippen LogP contribution in [0.25, 0.3) is 5.57 Å². The highest BCUT2D eigenvalue weighted by Gasteiger charge is 2.35. The minimum absolute atomic E-state index is 0.122. The van der Waals surface area contributed by atoms with E-state index >= 15 is 0 Å². The van der Waals surface area contributed by atoms with Gasteiger partial charge in [-0.15, -0.1) is 0 Å². The summed E-state index contributed by atoms with van der Waals surface area (Å²) in [6.07, 6.45) is 0.671. The van der Waals surface area contributed by atoms with Crippen molar-refractivity contribution < 1.29 is 9.90 Å². The van der Waals surface area contributed by atoms with Crippen molar-refractivity contribution in [2.45, 2.75) is 6.42 Å². The summed E-state index contributed by atoms with van der Waals surface area (Å²) in [7, 11) is 1.73. The molecule has 1 N–H and O–H groups in total. The zero-order valence-corrected chi connectivity index (χ0v) is 12.1. The third-order valence-corrected chi connectivity index (χ3v) is 4.16. The molecular weight excluding hydrogens is 276 g/mol. The minimum atomic E-state index is -0.122. The Morgan fingerprint density at radius 3 is 2.59 bits per heavy atom. The number of nitrogens with zero attached hydrogens (tertiary/aromatic N) is 2. The van der Waals surface area contributed by atoms with Crippen molar-refractivity contribution in [3.8, 4) is 5.75 Å². The normalized spacial score (nSPS) is 19.8. The zero-order chi connectivity index (χ0) is 15.3. The number of rotatable bonds is 1. The van der Waals surface area contributed by atoms with Crippen LogP contribution >= 0.6 is 0 Å². The maximum Gasteiger partial charge on any atom is 0.278 e. The first-order valence-electron chi connectivity index (χ1n) is 7.13. The van der Waals surface area contributed by atoms with Crippen LogP contribution in [0.5, 0.6) is 5.75 Å².